The van der Waals surface area contributed by atoms with E-state index in [1.807, 2.05) is 0 Å². The van der Waals surface area contributed by atoms with Gasteiger partial charge < -0.3 is 10.8 Å². The maximum Gasteiger partial charge on any atom is 0.353 e. The zero-order valence-corrected chi connectivity index (χ0v) is 8.16. The number of hydrogen-bond acceptors (Lipinski definition) is 4. The Kier molecular flexibility index (Phi) is 2.24. The molecule has 0 aromatic heterocycles. The van der Waals surface area contributed by atoms with Crippen molar-refractivity contribution in [3.63, 3.8) is 0 Å². The minimum absolute atomic E-state index is 0.0304. The predicted octanol–water partition coefficient (Wildman–Crippen LogP) is -0.207. The number of fused-ring (bicyclic) bond motifs is 1. The third kappa shape index (κ3) is 1.14. The van der Waals surface area contributed by atoms with E-state index in [0.717, 1.165) is 0 Å². The fourth-order valence-corrected chi connectivity index (χ4v) is 2.99. The molecule has 14 heavy (non-hydrogen) atoms. The molecule has 1 saturated heterocycles. The average molecular weight is 214 g/mol. The molecular formula is C8H10N2O3S. The first-order chi connectivity index (χ1) is 6.66. The molecule has 0 saturated carbocycles. The summed E-state index contributed by atoms with van der Waals surface area (Å²) in [4.78, 5) is 23.5. The van der Waals surface area contributed by atoms with Gasteiger partial charge in [-0.25, -0.2) is 4.79 Å². The fourth-order valence-electron chi connectivity index (χ4n) is 1.73. The smallest absolute Gasteiger partial charge is 0.353 e. The Morgan fingerprint density at radius 3 is 3.00 bits per heavy atom. The van der Waals surface area contributed by atoms with E-state index in [0.29, 0.717) is 13.0 Å². The van der Waals surface area contributed by atoms with Crippen LogP contribution in [0.4, 0.5) is 0 Å². The number of carbonyl (C=O) groups is 2. The van der Waals surface area contributed by atoms with Crippen LogP contribution in [-0.4, -0.2) is 33.8 Å². The molecular weight excluding hydrogens is 204 g/mol. The number of amides is 1. The van der Waals surface area contributed by atoms with Crippen LogP contribution in [0, 0.1) is 5.92 Å². The van der Waals surface area contributed by atoms with Crippen molar-refractivity contribution in [3.8, 4) is 0 Å². The molecule has 6 heteroatoms. The standard InChI is InChI=1S/C8H10N2O3S/c9-2-1-4-6(11)10-5(8(12)13)3-14-7(4)10/h3-4,7H,1-2,9H2,(H,12,13)/t4?,7-/m0/s1. The van der Waals surface area contributed by atoms with E-state index in [2.05, 4.69) is 0 Å². The van der Waals surface area contributed by atoms with Crippen molar-refractivity contribution in [2.45, 2.75) is 11.8 Å². The number of nitrogens with zero attached hydrogens (tertiary/aromatic N) is 1. The largest absolute Gasteiger partial charge is 0.477 e. The third-order valence-corrected chi connectivity index (χ3v) is 3.61. The van der Waals surface area contributed by atoms with Crippen molar-refractivity contribution in [1.29, 1.82) is 0 Å². The van der Waals surface area contributed by atoms with Gasteiger partial charge in [-0.2, -0.15) is 0 Å². The maximum atomic E-state index is 11.5. The number of rotatable bonds is 3. The summed E-state index contributed by atoms with van der Waals surface area (Å²) in [6.07, 6.45) is 0.633. The zero-order chi connectivity index (χ0) is 10.3. The van der Waals surface area contributed by atoms with Crippen molar-refractivity contribution in [2.75, 3.05) is 6.54 Å². The van der Waals surface area contributed by atoms with Gasteiger partial charge in [-0.3, -0.25) is 9.69 Å². The lowest BCUT2D eigenvalue weighted by molar-refractivity contribution is -0.151. The van der Waals surface area contributed by atoms with Gasteiger partial charge in [0, 0.05) is 5.41 Å². The van der Waals surface area contributed by atoms with Gasteiger partial charge in [0.1, 0.15) is 5.70 Å². The van der Waals surface area contributed by atoms with Gasteiger partial charge in [-0.1, -0.05) is 0 Å². The molecule has 2 atom stereocenters. The predicted molar refractivity (Wildman–Crippen MR) is 51.1 cm³/mol. The van der Waals surface area contributed by atoms with Crippen LogP contribution in [0.25, 0.3) is 0 Å². The van der Waals surface area contributed by atoms with E-state index in [-0.39, 0.29) is 22.9 Å². The summed E-state index contributed by atoms with van der Waals surface area (Å²) in [6, 6.07) is 0. The Labute approximate surface area is 84.9 Å². The highest BCUT2D eigenvalue weighted by molar-refractivity contribution is 8.03. The molecule has 76 valence electrons. The number of aliphatic carboxylic acids is 1. The van der Waals surface area contributed by atoms with Gasteiger partial charge in [0.05, 0.1) is 11.3 Å². The summed E-state index contributed by atoms with van der Waals surface area (Å²) >= 11 is 1.39. The summed E-state index contributed by atoms with van der Waals surface area (Å²) in [5.41, 5.74) is 5.46. The summed E-state index contributed by atoms with van der Waals surface area (Å²) in [7, 11) is 0. The molecule has 0 aromatic rings. The van der Waals surface area contributed by atoms with E-state index >= 15 is 0 Å². The number of carbonyl (C=O) groups excluding carboxylic acids is 1. The van der Waals surface area contributed by atoms with Crippen LogP contribution in [0.5, 0.6) is 0 Å². The van der Waals surface area contributed by atoms with Crippen LogP contribution < -0.4 is 5.73 Å². The molecule has 0 bridgehead atoms. The Balaban J connectivity index is 2.09. The Hall–Kier alpha value is -1.01. The van der Waals surface area contributed by atoms with E-state index in [1.54, 1.807) is 0 Å². The van der Waals surface area contributed by atoms with Crippen LogP contribution in [0.1, 0.15) is 6.42 Å². The number of hydrogen-bond donors (Lipinski definition) is 2. The topological polar surface area (TPSA) is 83.6 Å². The molecule has 1 fully saturated rings. The van der Waals surface area contributed by atoms with E-state index < -0.39 is 5.97 Å². The molecule has 2 heterocycles. The summed E-state index contributed by atoms with van der Waals surface area (Å²) in [6.45, 7) is 0.462. The SMILES string of the molecule is NCCC1C(=O)N2C(C(=O)O)=CS[C@@H]12. The zero-order valence-electron chi connectivity index (χ0n) is 7.34. The summed E-state index contributed by atoms with van der Waals surface area (Å²) < 4.78 is 0. The van der Waals surface area contributed by atoms with Crippen LogP contribution in [0.3, 0.4) is 0 Å². The maximum absolute atomic E-state index is 11.5. The molecule has 1 unspecified atom stereocenters. The minimum atomic E-state index is -1.04. The second kappa shape index (κ2) is 3.29. The quantitative estimate of drug-likeness (QED) is 0.635. The van der Waals surface area contributed by atoms with Crippen molar-refractivity contribution < 1.29 is 14.7 Å². The molecule has 3 N–H and O–H groups in total. The molecule has 2 aliphatic heterocycles. The molecule has 0 radical (unpaired) electrons. The second-order valence-electron chi connectivity index (χ2n) is 3.23. The highest BCUT2D eigenvalue weighted by atomic mass is 32.2. The van der Waals surface area contributed by atoms with Crippen molar-refractivity contribution in [3.05, 3.63) is 11.1 Å². The van der Waals surface area contributed by atoms with Crippen LogP contribution in [-0.2, 0) is 9.59 Å². The Morgan fingerprint density at radius 1 is 1.71 bits per heavy atom. The second-order valence-corrected chi connectivity index (χ2v) is 4.22. The van der Waals surface area contributed by atoms with Crippen LogP contribution in [0.2, 0.25) is 0 Å². The fraction of sp³-hybridized carbons (Fsp3) is 0.500. The molecule has 0 aliphatic carbocycles. The minimum Gasteiger partial charge on any atom is -0.477 e. The number of carboxylic acid groups (broad SMARTS) is 1. The number of carboxylic acids is 1. The molecule has 2 rings (SSSR count). The van der Waals surface area contributed by atoms with Crippen LogP contribution in [0.15, 0.2) is 11.1 Å². The third-order valence-electron chi connectivity index (χ3n) is 2.43. The van der Waals surface area contributed by atoms with E-state index in [9.17, 15) is 9.59 Å². The summed E-state index contributed by atoms with van der Waals surface area (Å²) in [5, 5.41) is 10.3. The van der Waals surface area contributed by atoms with Gasteiger partial charge >= 0.3 is 5.97 Å². The molecule has 1 amide bonds. The van der Waals surface area contributed by atoms with Crippen molar-refractivity contribution in [1.82, 2.24) is 4.90 Å². The molecule has 2 aliphatic rings. The normalized spacial score (nSPS) is 29.6. The number of nitrogens with two attached hydrogens (primary N) is 1. The average Bonchev–Trinajstić information content (AvgIpc) is 2.54. The van der Waals surface area contributed by atoms with E-state index in [4.69, 9.17) is 10.8 Å². The first kappa shape index (κ1) is 9.54. The van der Waals surface area contributed by atoms with Crippen LogP contribution >= 0.6 is 11.8 Å². The number of thioether (sulfide) groups is 1. The first-order valence-electron chi connectivity index (χ1n) is 4.29. The van der Waals surface area contributed by atoms with Gasteiger partial charge in [-0.15, -0.1) is 11.8 Å². The summed E-state index contributed by atoms with van der Waals surface area (Å²) in [5.74, 6) is -1.25. The highest BCUT2D eigenvalue weighted by Gasteiger charge is 2.52. The van der Waals surface area contributed by atoms with Crippen molar-refractivity contribution >= 4 is 23.6 Å². The molecule has 0 spiro atoms. The lowest BCUT2D eigenvalue weighted by Crippen LogP contribution is -2.57. The number of β-lactam (4-membered cyclic amide) rings is 1. The monoisotopic (exact) mass is 214 g/mol. The Bertz CT molecular complexity index is 329. The van der Waals surface area contributed by atoms with Gasteiger partial charge in [0.15, 0.2) is 0 Å². The van der Waals surface area contributed by atoms with E-state index in [1.165, 1.54) is 22.1 Å². The lowest BCUT2D eigenvalue weighted by Gasteiger charge is -2.42. The van der Waals surface area contributed by atoms with Gasteiger partial charge in [0.25, 0.3) is 0 Å². The first-order valence-corrected chi connectivity index (χ1v) is 5.23. The molecule has 0 aromatic carbocycles. The molecule has 5 nitrogen and oxygen atoms in total. The van der Waals surface area contributed by atoms with Crippen molar-refractivity contribution in [2.24, 2.45) is 11.7 Å². The van der Waals surface area contributed by atoms with Gasteiger partial charge in [-0.05, 0) is 13.0 Å². The van der Waals surface area contributed by atoms with Gasteiger partial charge in [0.2, 0.25) is 5.91 Å². The Morgan fingerprint density at radius 2 is 2.43 bits per heavy atom. The highest BCUT2D eigenvalue weighted by Crippen LogP contribution is 2.45. The lowest BCUT2D eigenvalue weighted by atomic mass is 9.94.